The highest BCUT2D eigenvalue weighted by atomic mass is 16.2. The molecule has 0 N–H and O–H groups in total. The van der Waals surface area contributed by atoms with Crippen LogP contribution in [0.5, 0.6) is 0 Å². The molecule has 0 saturated heterocycles. The third-order valence-electron chi connectivity index (χ3n) is 2.70. The fraction of sp³-hybridized carbons (Fsp3) is 0.467. The summed E-state index contributed by atoms with van der Waals surface area (Å²) < 4.78 is 0. The Kier molecular flexibility index (Phi) is 4.49. The summed E-state index contributed by atoms with van der Waals surface area (Å²) in [6.07, 6.45) is 2.46. The van der Waals surface area contributed by atoms with Gasteiger partial charge < -0.3 is 4.90 Å². The zero-order valence-electron chi connectivity index (χ0n) is 11.7. The lowest BCUT2D eigenvalue weighted by molar-refractivity contribution is 0.0649. The molecule has 1 aromatic heterocycles. The van der Waals surface area contributed by atoms with Crippen molar-refractivity contribution in [1.82, 2.24) is 9.88 Å². The van der Waals surface area contributed by atoms with Crippen LogP contribution in [0.15, 0.2) is 18.3 Å². The molecule has 0 radical (unpaired) electrons. The summed E-state index contributed by atoms with van der Waals surface area (Å²) >= 11 is 0. The summed E-state index contributed by atoms with van der Waals surface area (Å²) in [7, 11) is 1.79. The molecule has 96 valence electrons. The van der Waals surface area contributed by atoms with E-state index in [9.17, 15) is 4.79 Å². The van der Waals surface area contributed by atoms with Gasteiger partial charge in [-0.05, 0) is 32.9 Å². The molecule has 0 atom stereocenters. The first-order valence-corrected chi connectivity index (χ1v) is 6.09. The van der Waals surface area contributed by atoms with E-state index in [4.69, 9.17) is 0 Å². The first-order chi connectivity index (χ1) is 8.36. The fourth-order valence-electron chi connectivity index (χ4n) is 1.26. The van der Waals surface area contributed by atoms with Crippen LogP contribution < -0.4 is 0 Å². The number of pyridine rings is 1. The minimum absolute atomic E-state index is 0.0718. The van der Waals surface area contributed by atoms with Crippen LogP contribution in [0.25, 0.3) is 0 Å². The highest BCUT2D eigenvalue weighted by molar-refractivity contribution is 5.92. The van der Waals surface area contributed by atoms with Crippen molar-refractivity contribution in [3.63, 3.8) is 0 Å². The van der Waals surface area contributed by atoms with Gasteiger partial charge in [0.25, 0.3) is 5.91 Å². The van der Waals surface area contributed by atoms with Crippen LogP contribution >= 0.6 is 0 Å². The molecule has 1 aromatic rings. The maximum Gasteiger partial charge on any atom is 0.272 e. The molecule has 0 unspecified atom stereocenters. The smallest absolute Gasteiger partial charge is 0.272 e. The topological polar surface area (TPSA) is 33.2 Å². The Bertz CT molecular complexity index is 472. The van der Waals surface area contributed by atoms with Crippen molar-refractivity contribution < 1.29 is 4.79 Å². The normalized spacial score (nSPS) is 10.5. The number of hydrogen-bond acceptors (Lipinski definition) is 2. The molecule has 18 heavy (non-hydrogen) atoms. The number of aromatic nitrogens is 1. The van der Waals surface area contributed by atoms with E-state index in [0.717, 1.165) is 12.0 Å². The lowest BCUT2D eigenvalue weighted by Crippen LogP contribution is -2.42. The first kappa shape index (κ1) is 14.2. The van der Waals surface area contributed by atoms with E-state index >= 15 is 0 Å². The summed E-state index contributed by atoms with van der Waals surface area (Å²) in [6.45, 7) is 7.97. The van der Waals surface area contributed by atoms with Crippen molar-refractivity contribution in [2.24, 2.45) is 0 Å². The van der Waals surface area contributed by atoms with Crippen molar-refractivity contribution in [3.8, 4) is 11.8 Å². The molecule has 3 nitrogen and oxygen atoms in total. The van der Waals surface area contributed by atoms with Crippen LogP contribution in [0.1, 0.15) is 50.2 Å². The van der Waals surface area contributed by atoms with Crippen LogP contribution in [0, 0.1) is 11.8 Å². The molecule has 1 heterocycles. The molecule has 0 aliphatic carbocycles. The monoisotopic (exact) mass is 244 g/mol. The fourth-order valence-corrected chi connectivity index (χ4v) is 1.26. The van der Waals surface area contributed by atoms with E-state index < -0.39 is 0 Å². The van der Waals surface area contributed by atoms with Gasteiger partial charge in [0.2, 0.25) is 0 Å². The minimum Gasteiger partial charge on any atom is -0.336 e. The molecule has 3 heteroatoms. The SMILES string of the molecule is CCC#Cc1ccc(C(=O)N(C)C(C)(C)C)nc1. The summed E-state index contributed by atoms with van der Waals surface area (Å²) in [6, 6.07) is 3.56. The highest BCUT2D eigenvalue weighted by Crippen LogP contribution is 2.13. The molecule has 0 spiro atoms. The number of hydrogen-bond donors (Lipinski definition) is 0. The van der Waals surface area contributed by atoms with Crippen LogP contribution in [0.3, 0.4) is 0 Å². The van der Waals surface area contributed by atoms with Gasteiger partial charge in [-0.25, -0.2) is 4.98 Å². The van der Waals surface area contributed by atoms with Gasteiger partial charge in [-0.15, -0.1) is 0 Å². The number of carbonyl (C=O) groups excluding carboxylic acids is 1. The molecule has 0 aromatic carbocycles. The quantitative estimate of drug-likeness (QED) is 0.712. The molecule has 0 aliphatic rings. The van der Waals surface area contributed by atoms with Crippen LogP contribution in [0.2, 0.25) is 0 Å². The predicted molar refractivity (Wildman–Crippen MR) is 73.3 cm³/mol. The van der Waals surface area contributed by atoms with Crippen LogP contribution in [-0.2, 0) is 0 Å². The minimum atomic E-state index is -0.209. The Morgan fingerprint density at radius 2 is 2.06 bits per heavy atom. The molecule has 0 bridgehead atoms. The Balaban J connectivity index is 2.89. The lowest BCUT2D eigenvalue weighted by Gasteiger charge is -2.31. The maximum absolute atomic E-state index is 12.1. The predicted octanol–water partition coefficient (Wildman–Crippen LogP) is 2.71. The van der Waals surface area contributed by atoms with Crippen molar-refractivity contribution in [3.05, 3.63) is 29.6 Å². The van der Waals surface area contributed by atoms with Crippen molar-refractivity contribution in [2.75, 3.05) is 7.05 Å². The van der Waals surface area contributed by atoms with Gasteiger partial charge in [-0.3, -0.25) is 4.79 Å². The molecule has 0 aliphatic heterocycles. The van der Waals surface area contributed by atoms with Gasteiger partial charge >= 0.3 is 0 Å². The van der Waals surface area contributed by atoms with E-state index in [0.29, 0.717) is 5.69 Å². The second-order valence-corrected chi connectivity index (χ2v) is 5.12. The molecular formula is C15H20N2O. The molecule has 1 rings (SSSR count). The number of nitrogens with zero attached hydrogens (tertiary/aromatic N) is 2. The standard InChI is InChI=1S/C15H20N2O/c1-6-7-8-12-9-10-13(16-11-12)14(18)17(5)15(2,3)4/h9-11H,6H2,1-5H3. The Labute approximate surface area is 109 Å². The van der Waals surface area contributed by atoms with Gasteiger partial charge in [0.05, 0.1) is 0 Å². The second-order valence-electron chi connectivity index (χ2n) is 5.12. The molecule has 0 saturated carbocycles. The summed E-state index contributed by atoms with van der Waals surface area (Å²) in [4.78, 5) is 18.0. The largest absolute Gasteiger partial charge is 0.336 e. The first-order valence-electron chi connectivity index (χ1n) is 6.09. The van der Waals surface area contributed by atoms with E-state index in [2.05, 4.69) is 16.8 Å². The summed E-state index contributed by atoms with van der Waals surface area (Å²) in [5.74, 6) is 5.89. The molecular weight excluding hydrogens is 224 g/mol. The Morgan fingerprint density at radius 1 is 1.39 bits per heavy atom. The van der Waals surface area contributed by atoms with Crippen molar-refractivity contribution in [2.45, 2.75) is 39.7 Å². The van der Waals surface area contributed by atoms with Crippen LogP contribution in [0.4, 0.5) is 0 Å². The van der Waals surface area contributed by atoms with Gasteiger partial charge in [-0.2, -0.15) is 0 Å². The number of rotatable bonds is 1. The van der Waals surface area contributed by atoms with E-state index in [1.54, 1.807) is 24.2 Å². The van der Waals surface area contributed by atoms with E-state index in [1.807, 2.05) is 33.8 Å². The van der Waals surface area contributed by atoms with E-state index in [1.165, 1.54) is 0 Å². The second kappa shape index (κ2) is 5.68. The number of carbonyl (C=O) groups is 1. The third kappa shape index (κ3) is 3.59. The van der Waals surface area contributed by atoms with Gasteiger partial charge in [0.1, 0.15) is 5.69 Å². The Hall–Kier alpha value is -1.82. The maximum atomic E-state index is 12.1. The van der Waals surface area contributed by atoms with E-state index in [-0.39, 0.29) is 11.4 Å². The van der Waals surface area contributed by atoms with Crippen molar-refractivity contribution in [1.29, 1.82) is 0 Å². The number of amides is 1. The zero-order valence-corrected chi connectivity index (χ0v) is 11.7. The molecule has 1 amide bonds. The van der Waals surface area contributed by atoms with Gasteiger partial charge in [0, 0.05) is 30.8 Å². The zero-order chi connectivity index (χ0) is 13.8. The summed E-state index contributed by atoms with van der Waals surface area (Å²) in [5, 5.41) is 0. The lowest BCUT2D eigenvalue weighted by atomic mass is 10.1. The van der Waals surface area contributed by atoms with Crippen LogP contribution in [-0.4, -0.2) is 28.4 Å². The average molecular weight is 244 g/mol. The van der Waals surface area contributed by atoms with Gasteiger partial charge in [0.15, 0.2) is 0 Å². The van der Waals surface area contributed by atoms with Crippen molar-refractivity contribution >= 4 is 5.91 Å². The third-order valence-corrected chi connectivity index (χ3v) is 2.70. The Morgan fingerprint density at radius 3 is 2.50 bits per heavy atom. The molecule has 0 fully saturated rings. The average Bonchev–Trinajstić information content (AvgIpc) is 2.34. The van der Waals surface area contributed by atoms with Gasteiger partial charge in [-0.1, -0.05) is 18.8 Å². The summed E-state index contributed by atoms with van der Waals surface area (Å²) in [5.41, 5.74) is 1.08. The highest BCUT2D eigenvalue weighted by Gasteiger charge is 2.23.